The molecule has 0 aliphatic carbocycles. The number of carbonyl (C=O) groups excluding carboxylic acids is 2. The zero-order valence-electron chi connectivity index (χ0n) is 17.5. The zero-order chi connectivity index (χ0) is 22.8. The Labute approximate surface area is 183 Å². The lowest BCUT2D eigenvalue weighted by molar-refractivity contribution is -0.137. The van der Waals surface area contributed by atoms with Crippen LogP contribution in [0.1, 0.15) is 45.6 Å². The molecule has 3 heterocycles. The largest absolute Gasteiger partial charge is 0.416 e. The van der Waals surface area contributed by atoms with E-state index in [1.54, 1.807) is 6.07 Å². The van der Waals surface area contributed by atoms with Crippen LogP contribution in [0.4, 0.5) is 13.2 Å². The molecule has 32 heavy (non-hydrogen) atoms. The number of amides is 1. The lowest BCUT2D eigenvalue weighted by atomic mass is 9.81. The van der Waals surface area contributed by atoms with Gasteiger partial charge in [-0.3, -0.25) is 14.7 Å². The smallest absolute Gasteiger partial charge is 0.381 e. The number of benzene rings is 1. The average molecular weight is 447 g/mol. The fourth-order valence-electron chi connectivity index (χ4n) is 4.09. The van der Waals surface area contributed by atoms with Crippen molar-refractivity contribution >= 4 is 12.2 Å². The highest BCUT2D eigenvalue weighted by molar-refractivity contribution is 5.94. The summed E-state index contributed by atoms with van der Waals surface area (Å²) in [7, 11) is 0. The van der Waals surface area contributed by atoms with Crippen LogP contribution in [0.2, 0.25) is 0 Å². The van der Waals surface area contributed by atoms with E-state index in [4.69, 9.17) is 4.74 Å². The Morgan fingerprint density at radius 3 is 2.56 bits per heavy atom. The van der Waals surface area contributed by atoms with Gasteiger partial charge in [-0.25, -0.2) is 0 Å². The summed E-state index contributed by atoms with van der Waals surface area (Å²) in [6.45, 7) is 2.87. The number of fused-ring (bicyclic) bond motifs is 1. The van der Waals surface area contributed by atoms with Gasteiger partial charge in [0, 0.05) is 51.0 Å². The van der Waals surface area contributed by atoms with Crippen LogP contribution < -0.4 is 5.32 Å². The number of hydrogen-bond acceptors (Lipinski definition) is 5. The van der Waals surface area contributed by atoms with Gasteiger partial charge in [0.15, 0.2) is 0 Å². The van der Waals surface area contributed by atoms with Gasteiger partial charge in [0.25, 0.3) is 5.91 Å². The number of hydrogen-bond donors (Lipinski definition) is 1. The molecule has 0 atom stereocenters. The molecule has 1 amide bonds. The van der Waals surface area contributed by atoms with Crippen molar-refractivity contribution in [1.82, 2.24) is 15.2 Å². The van der Waals surface area contributed by atoms with Gasteiger partial charge in [-0.15, -0.1) is 0 Å². The number of rotatable bonds is 6. The van der Waals surface area contributed by atoms with Gasteiger partial charge in [-0.05, 0) is 42.2 Å². The van der Waals surface area contributed by atoms with Gasteiger partial charge in [0.1, 0.15) is 6.29 Å². The van der Waals surface area contributed by atoms with E-state index in [0.717, 1.165) is 35.2 Å². The maximum atomic E-state index is 12.7. The molecule has 0 saturated carbocycles. The Morgan fingerprint density at radius 2 is 1.91 bits per heavy atom. The highest BCUT2D eigenvalue weighted by atomic mass is 19.4. The minimum absolute atomic E-state index is 0.260. The second kappa shape index (κ2) is 8.99. The highest BCUT2D eigenvalue weighted by Crippen LogP contribution is 2.30. The molecular weight excluding hydrogens is 423 g/mol. The third-order valence-electron chi connectivity index (χ3n) is 6.12. The lowest BCUT2D eigenvalue weighted by Gasteiger charge is -2.31. The van der Waals surface area contributed by atoms with Gasteiger partial charge < -0.3 is 14.8 Å². The first-order chi connectivity index (χ1) is 15.3. The number of pyridine rings is 1. The molecule has 0 unspecified atom stereocenters. The molecule has 1 aromatic carbocycles. The molecule has 0 radical (unpaired) electrons. The Bertz CT molecular complexity index is 986. The number of aromatic nitrogens is 1. The molecule has 0 spiro atoms. The summed E-state index contributed by atoms with van der Waals surface area (Å²) in [5.74, 6) is -0.283. The first-order valence-corrected chi connectivity index (χ1v) is 10.5. The molecule has 4 rings (SSSR count). The molecule has 1 fully saturated rings. The van der Waals surface area contributed by atoms with Crippen molar-refractivity contribution in [3.8, 4) is 0 Å². The van der Waals surface area contributed by atoms with Crippen LogP contribution in [0.15, 0.2) is 36.5 Å². The molecule has 2 aliphatic rings. The van der Waals surface area contributed by atoms with Crippen LogP contribution in [0.25, 0.3) is 0 Å². The highest BCUT2D eigenvalue weighted by Gasteiger charge is 2.33. The minimum Gasteiger partial charge on any atom is -0.381 e. The fraction of sp³-hybridized carbons (Fsp3) is 0.435. The quantitative estimate of drug-likeness (QED) is 0.688. The Morgan fingerprint density at radius 1 is 1.19 bits per heavy atom. The maximum absolute atomic E-state index is 12.7. The summed E-state index contributed by atoms with van der Waals surface area (Å²) in [6.07, 6.45) is -0.751. The van der Waals surface area contributed by atoms with Crippen LogP contribution >= 0.6 is 0 Å². The number of alkyl halides is 3. The predicted molar refractivity (Wildman–Crippen MR) is 110 cm³/mol. The lowest BCUT2D eigenvalue weighted by Crippen LogP contribution is -2.42. The van der Waals surface area contributed by atoms with Crippen LogP contribution in [-0.2, 0) is 35.3 Å². The summed E-state index contributed by atoms with van der Waals surface area (Å²) in [6, 6.07) is 6.93. The molecule has 2 aliphatic heterocycles. The molecule has 6 nitrogen and oxygen atoms in total. The zero-order valence-corrected chi connectivity index (χ0v) is 17.5. The van der Waals surface area contributed by atoms with E-state index in [9.17, 15) is 22.8 Å². The van der Waals surface area contributed by atoms with Crippen LogP contribution in [0.5, 0.6) is 0 Å². The van der Waals surface area contributed by atoms with Crippen LogP contribution in [0.3, 0.4) is 0 Å². The van der Waals surface area contributed by atoms with Gasteiger partial charge in [-0.1, -0.05) is 12.1 Å². The van der Waals surface area contributed by atoms with E-state index >= 15 is 0 Å². The monoisotopic (exact) mass is 447 g/mol. The van der Waals surface area contributed by atoms with Gasteiger partial charge >= 0.3 is 6.18 Å². The first kappa shape index (κ1) is 22.4. The van der Waals surface area contributed by atoms with Gasteiger partial charge in [0.2, 0.25) is 0 Å². The number of nitrogens with zero attached hydrogens (tertiary/aromatic N) is 2. The third kappa shape index (κ3) is 4.99. The molecule has 1 N–H and O–H groups in total. The summed E-state index contributed by atoms with van der Waals surface area (Å²) in [5, 5.41) is 2.85. The van der Waals surface area contributed by atoms with E-state index in [0.29, 0.717) is 51.3 Å². The van der Waals surface area contributed by atoms with Crippen molar-refractivity contribution in [1.29, 1.82) is 0 Å². The summed E-state index contributed by atoms with van der Waals surface area (Å²) in [5.41, 5.74) is 1.72. The maximum Gasteiger partial charge on any atom is 0.416 e. The molecule has 2 aromatic rings. The third-order valence-corrected chi connectivity index (χ3v) is 6.12. The average Bonchev–Trinajstić information content (AvgIpc) is 3.19. The number of ether oxygens (including phenoxy) is 1. The van der Waals surface area contributed by atoms with E-state index in [1.165, 1.54) is 18.3 Å². The molecule has 0 bridgehead atoms. The summed E-state index contributed by atoms with van der Waals surface area (Å²) in [4.78, 5) is 30.7. The number of nitrogens with one attached hydrogen (secondary N) is 1. The predicted octanol–water partition coefficient (Wildman–Crippen LogP) is 3.34. The number of carbonyl (C=O) groups is 2. The van der Waals surface area contributed by atoms with Gasteiger partial charge in [-0.2, -0.15) is 13.2 Å². The fourth-order valence-corrected chi connectivity index (χ4v) is 4.09. The van der Waals surface area contributed by atoms with Crippen molar-refractivity contribution in [2.45, 2.75) is 38.7 Å². The summed E-state index contributed by atoms with van der Waals surface area (Å²) < 4.78 is 43.5. The van der Waals surface area contributed by atoms with Crippen LogP contribution in [0, 0.1) is 5.41 Å². The SMILES string of the molecule is O=CC1(CNC(=O)c2cnc3c(c2)CN(Cc2ccc(C(F)(F)F)cc2)C3)CCOCC1. The Balaban J connectivity index is 1.36. The molecule has 1 saturated heterocycles. The second-order valence-corrected chi connectivity index (χ2v) is 8.44. The normalized spacial score (nSPS) is 18.2. The van der Waals surface area contributed by atoms with E-state index in [1.807, 2.05) is 0 Å². The van der Waals surface area contributed by atoms with Crippen molar-refractivity contribution in [3.63, 3.8) is 0 Å². The Hall–Kier alpha value is -2.78. The Kier molecular flexibility index (Phi) is 6.30. The molecule has 1 aromatic heterocycles. The molecule has 170 valence electrons. The molecule has 9 heteroatoms. The second-order valence-electron chi connectivity index (χ2n) is 8.44. The van der Waals surface area contributed by atoms with Crippen molar-refractivity contribution in [3.05, 3.63) is 64.5 Å². The topological polar surface area (TPSA) is 71.5 Å². The standard InChI is InChI=1S/C23H24F3N3O3/c24-23(25,26)19-3-1-16(2-4-19)11-29-12-18-9-17(10-27-20(18)13-29)21(31)28-14-22(15-30)5-7-32-8-6-22/h1-4,9-10,15H,5-8,11-14H2,(H,28,31). The minimum atomic E-state index is -4.35. The number of aldehydes is 1. The van der Waals surface area contributed by atoms with Gasteiger partial charge in [0.05, 0.1) is 16.8 Å². The molecular formula is C23H24F3N3O3. The van der Waals surface area contributed by atoms with Crippen molar-refractivity contribution in [2.24, 2.45) is 5.41 Å². The summed E-state index contributed by atoms with van der Waals surface area (Å²) >= 11 is 0. The first-order valence-electron chi connectivity index (χ1n) is 10.5. The number of halogens is 3. The van der Waals surface area contributed by atoms with E-state index < -0.39 is 17.2 Å². The van der Waals surface area contributed by atoms with E-state index in [-0.39, 0.29) is 12.5 Å². The van der Waals surface area contributed by atoms with E-state index in [2.05, 4.69) is 15.2 Å². The van der Waals surface area contributed by atoms with Crippen molar-refractivity contribution in [2.75, 3.05) is 19.8 Å². The van der Waals surface area contributed by atoms with Crippen molar-refractivity contribution < 1.29 is 27.5 Å². The van der Waals surface area contributed by atoms with Crippen LogP contribution in [-0.4, -0.2) is 41.8 Å².